The summed E-state index contributed by atoms with van der Waals surface area (Å²) in [7, 11) is 5.38. The van der Waals surface area contributed by atoms with Crippen molar-refractivity contribution in [1.82, 2.24) is 15.5 Å². The molecule has 1 fully saturated rings. The molecule has 0 radical (unpaired) electrons. The largest absolute Gasteiger partial charge is 0.355 e. The maximum atomic E-state index is 14.4. The second-order valence-electron chi connectivity index (χ2n) is 8.99. The quantitative estimate of drug-likeness (QED) is 0.630. The molecule has 172 valence electrons. The van der Waals surface area contributed by atoms with Crippen LogP contribution in [0.3, 0.4) is 0 Å². The fourth-order valence-electron chi connectivity index (χ4n) is 5.07. The van der Waals surface area contributed by atoms with Crippen molar-refractivity contribution in [3.05, 3.63) is 71.0 Å². The number of benzene rings is 2. The van der Waals surface area contributed by atoms with E-state index in [9.17, 15) is 14.0 Å². The Morgan fingerprint density at radius 1 is 1.16 bits per heavy atom. The molecular weight excluding hydrogens is 405 g/mol. The van der Waals surface area contributed by atoms with Gasteiger partial charge in [-0.3, -0.25) is 9.59 Å². The molecule has 0 heterocycles. The summed E-state index contributed by atoms with van der Waals surface area (Å²) in [5.74, 6) is -0.648. The zero-order chi connectivity index (χ0) is 23.5. The number of rotatable bonds is 9. The van der Waals surface area contributed by atoms with Crippen LogP contribution in [0.4, 0.5) is 4.39 Å². The molecule has 0 spiro atoms. The van der Waals surface area contributed by atoms with Crippen molar-refractivity contribution in [3.63, 3.8) is 0 Å². The lowest BCUT2D eigenvalue weighted by Crippen LogP contribution is -2.42. The normalized spacial score (nSPS) is 23.0. The first-order valence-electron chi connectivity index (χ1n) is 11.3. The number of amides is 2. The van der Waals surface area contributed by atoms with Crippen LogP contribution >= 0.6 is 0 Å². The van der Waals surface area contributed by atoms with Crippen molar-refractivity contribution in [1.29, 1.82) is 0 Å². The van der Waals surface area contributed by atoms with Crippen LogP contribution < -0.4 is 10.6 Å². The SMILES string of the molecule is CC[C@]1(c2ccccc2)[C@H](C(=O)NC[C@H](Cc2ccc(C(=O)NC)c(F)c2)N(C)C)[C@@H]1C. The Kier molecular flexibility index (Phi) is 7.34. The predicted molar refractivity (Wildman–Crippen MR) is 125 cm³/mol. The summed E-state index contributed by atoms with van der Waals surface area (Å²) in [6.45, 7) is 4.78. The van der Waals surface area contributed by atoms with Gasteiger partial charge >= 0.3 is 0 Å². The van der Waals surface area contributed by atoms with Gasteiger partial charge in [-0.15, -0.1) is 0 Å². The first-order chi connectivity index (χ1) is 15.3. The number of nitrogens with zero attached hydrogens (tertiary/aromatic N) is 1. The minimum atomic E-state index is -0.536. The molecule has 1 saturated carbocycles. The predicted octanol–water partition coefficient (Wildman–Crippen LogP) is 3.39. The van der Waals surface area contributed by atoms with Crippen molar-refractivity contribution >= 4 is 11.8 Å². The molecule has 0 bridgehead atoms. The van der Waals surface area contributed by atoms with Crippen LogP contribution in [-0.2, 0) is 16.6 Å². The Morgan fingerprint density at radius 2 is 1.84 bits per heavy atom. The molecule has 2 N–H and O–H groups in total. The topological polar surface area (TPSA) is 61.4 Å². The molecule has 0 aliphatic heterocycles. The number of carbonyl (C=O) groups is 2. The lowest BCUT2D eigenvalue weighted by Gasteiger charge is -2.25. The summed E-state index contributed by atoms with van der Waals surface area (Å²) in [5, 5.41) is 5.59. The molecule has 0 aromatic heterocycles. The summed E-state index contributed by atoms with van der Waals surface area (Å²) in [5.41, 5.74) is 1.95. The van der Waals surface area contributed by atoms with E-state index in [1.165, 1.54) is 24.7 Å². The van der Waals surface area contributed by atoms with E-state index in [0.29, 0.717) is 18.9 Å². The van der Waals surface area contributed by atoms with Crippen molar-refractivity contribution in [2.75, 3.05) is 27.7 Å². The molecule has 2 amide bonds. The molecule has 2 aromatic rings. The smallest absolute Gasteiger partial charge is 0.253 e. The second kappa shape index (κ2) is 9.82. The fourth-order valence-corrected chi connectivity index (χ4v) is 5.07. The highest BCUT2D eigenvalue weighted by Crippen LogP contribution is 2.61. The van der Waals surface area contributed by atoms with Crippen LogP contribution in [0.1, 0.15) is 41.8 Å². The summed E-state index contributed by atoms with van der Waals surface area (Å²) in [4.78, 5) is 26.9. The van der Waals surface area contributed by atoms with Crippen LogP contribution in [0.2, 0.25) is 0 Å². The minimum absolute atomic E-state index is 0.00556. The third-order valence-electron chi connectivity index (χ3n) is 7.16. The lowest BCUT2D eigenvalue weighted by molar-refractivity contribution is -0.123. The van der Waals surface area contributed by atoms with Gasteiger partial charge < -0.3 is 15.5 Å². The fraction of sp³-hybridized carbons (Fsp3) is 0.462. The van der Waals surface area contributed by atoms with Gasteiger partial charge in [-0.1, -0.05) is 50.2 Å². The van der Waals surface area contributed by atoms with E-state index in [1.54, 1.807) is 6.07 Å². The van der Waals surface area contributed by atoms with Gasteiger partial charge in [-0.2, -0.15) is 0 Å². The molecule has 6 heteroatoms. The molecule has 1 aliphatic carbocycles. The van der Waals surface area contributed by atoms with Gasteiger partial charge in [-0.25, -0.2) is 4.39 Å². The Morgan fingerprint density at radius 3 is 2.41 bits per heavy atom. The molecule has 4 atom stereocenters. The molecule has 0 saturated heterocycles. The highest BCUT2D eigenvalue weighted by molar-refractivity contribution is 5.94. The van der Waals surface area contributed by atoms with E-state index in [-0.39, 0.29) is 28.8 Å². The monoisotopic (exact) mass is 439 g/mol. The number of hydrogen-bond donors (Lipinski definition) is 2. The molecule has 3 rings (SSSR count). The molecule has 2 aromatic carbocycles. The van der Waals surface area contributed by atoms with Gasteiger partial charge in [0.1, 0.15) is 5.82 Å². The van der Waals surface area contributed by atoms with E-state index in [4.69, 9.17) is 0 Å². The summed E-state index contributed by atoms with van der Waals surface area (Å²) in [6.07, 6.45) is 1.49. The Balaban J connectivity index is 1.66. The standard InChI is InChI=1S/C26H34FN3O2/c1-6-26(19-10-8-7-9-11-19)17(2)23(26)25(32)29-16-20(30(4)5)14-18-12-13-21(22(27)15-18)24(31)28-3/h7-13,15,17,20,23H,6,14,16H2,1-5H3,(H,28,31)(H,29,32)/t17-,20-,23-,26-/m0/s1. The van der Waals surface area contributed by atoms with Crippen molar-refractivity contribution < 1.29 is 14.0 Å². The zero-order valence-electron chi connectivity index (χ0n) is 19.6. The maximum absolute atomic E-state index is 14.4. The number of likely N-dealkylation sites (N-methyl/N-ethyl adjacent to an activating group) is 1. The summed E-state index contributed by atoms with van der Waals surface area (Å²) in [6, 6.07) is 15.0. The Labute approximate surface area is 190 Å². The molecular formula is C26H34FN3O2. The van der Waals surface area contributed by atoms with Crippen LogP contribution in [-0.4, -0.2) is 50.4 Å². The zero-order valence-corrected chi connectivity index (χ0v) is 19.6. The van der Waals surface area contributed by atoms with Crippen LogP contribution in [0, 0.1) is 17.7 Å². The maximum Gasteiger partial charge on any atom is 0.253 e. The van der Waals surface area contributed by atoms with E-state index in [0.717, 1.165) is 12.0 Å². The first kappa shape index (κ1) is 23.9. The number of halogens is 1. The van der Waals surface area contributed by atoms with Crippen LogP contribution in [0.15, 0.2) is 48.5 Å². The average Bonchev–Trinajstić information content (AvgIpc) is 3.41. The highest BCUT2D eigenvalue weighted by Gasteiger charge is 2.64. The third-order valence-corrected chi connectivity index (χ3v) is 7.16. The van der Waals surface area contributed by atoms with Crippen LogP contribution in [0.25, 0.3) is 0 Å². The van der Waals surface area contributed by atoms with Gasteiger partial charge in [0.05, 0.1) is 11.5 Å². The highest BCUT2D eigenvalue weighted by atomic mass is 19.1. The van der Waals surface area contributed by atoms with Crippen molar-refractivity contribution in [3.8, 4) is 0 Å². The van der Waals surface area contributed by atoms with Gasteiger partial charge in [0.2, 0.25) is 5.91 Å². The summed E-state index contributed by atoms with van der Waals surface area (Å²) < 4.78 is 14.4. The van der Waals surface area contributed by atoms with Gasteiger partial charge in [0.25, 0.3) is 5.91 Å². The van der Waals surface area contributed by atoms with E-state index >= 15 is 0 Å². The Hall–Kier alpha value is -2.73. The first-order valence-corrected chi connectivity index (χ1v) is 11.3. The summed E-state index contributed by atoms with van der Waals surface area (Å²) >= 11 is 0. The molecule has 32 heavy (non-hydrogen) atoms. The second-order valence-corrected chi connectivity index (χ2v) is 8.99. The van der Waals surface area contributed by atoms with Crippen molar-refractivity contribution in [2.24, 2.45) is 11.8 Å². The molecule has 0 unspecified atom stereocenters. The van der Waals surface area contributed by atoms with Gasteiger partial charge in [-0.05, 0) is 56.1 Å². The van der Waals surface area contributed by atoms with E-state index < -0.39 is 11.7 Å². The average molecular weight is 440 g/mol. The lowest BCUT2D eigenvalue weighted by atomic mass is 9.89. The minimum Gasteiger partial charge on any atom is -0.355 e. The third kappa shape index (κ3) is 4.56. The van der Waals surface area contributed by atoms with Crippen LogP contribution in [0.5, 0.6) is 0 Å². The Bertz CT molecular complexity index is 963. The van der Waals surface area contributed by atoms with Gasteiger partial charge in [0.15, 0.2) is 0 Å². The van der Waals surface area contributed by atoms with E-state index in [2.05, 4.69) is 36.6 Å². The van der Waals surface area contributed by atoms with Crippen molar-refractivity contribution in [2.45, 2.75) is 38.1 Å². The number of hydrogen-bond acceptors (Lipinski definition) is 3. The molecule has 1 aliphatic rings. The van der Waals surface area contributed by atoms with Gasteiger partial charge in [0, 0.05) is 25.0 Å². The molecule has 5 nitrogen and oxygen atoms in total. The van der Waals surface area contributed by atoms with E-state index in [1.807, 2.05) is 37.2 Å². The number of nitrogens with one attached hydrogen (secondary N) is 2. The number of carbonyl (C=O) groups excluding carboxylic acids is 2.